The number of aliphatic carboxylic acids is 2. The van der Waals surface area contributed by atoms with Crippen LogP contribution in [0.2, 0.25) is 0 Å². The normalized spacial score (nSPS) is 20.6. The predicted molar refractivity (Wildman–Crippen MR) is 124 cm³/mol. The number of hydrogen-bond acceptors (Lipinski definition) is 8. The van der Waals surface area contributed by atoms with E-state index in [4.69, 9.17) is 0 Å². The van der Waals surface area contributed by atoms with Crippen LogP contribution in [0, 0.1) is 6.92 Å². The van der Waals surface area contributed by atoms with Crippen molar-refractivity contribution in [1.82, 2.24) is 14.9 Å². The molecule has 0 radical (unpaired) electrons. The summed E-state index contributed by atoms with van der Waals surface area (Å²) in [6.07, 6.45) is -0.306. The van der Waals surface area contributed by atoms with Crippen molar-refractivity contribution in [2.24, 2.45) is 0 Å². The molecule has 35 heavy (non-hydrogen) atoms. The van der Waals surface area contributed by atoms with Crippen molar-refractivity contribution in [3.63, 3.8) is 0 Å². The molecular formula is C21H25N3O9S2. The Morgan fingerprint density at radius 3 is 2.43 bits per heavy atom. The van der Waals surface area contributed by atoms with Gasteiger partial charge in [-0.3, -0.25) is 19.3 Å². The first-order chi connectivity index (χ1) is 16.5. The molecule has 1 aromatic rings. The fourth-order valence-electron chi connectivity index (χ4n) is 3.72. The lowest BCUT2D eigenvalue weighted by atomic mass is 10.0. The number of sulfonamides is 1. The van der Waals surface area contributed by atoms with Gasteiger partial charge >= 0.3 is 11.9 Å². The maximum atomic E-state index is 12.5. The number of fused-ring (bicyclic) bond motifs is 1. The average Bonchev–Trinajstić information content (AvgIpc) is 2.80. The average molecular weight is 528 g/mol. The van der Waals surface area contributed by atoms with E-state index in [1.165, 1.54) is 23.9 Å². The summed E-state index contributed by atoms with van der Waals surface area (Å²) in [5, 5.41) is 30.0. The van der Waals surface area contributed by atoms with Crippen LogP contribution < -0.4 is 10.0 Å². The summed E-state index contributed by atoms with van der Waals surface area (Å²) in [6, 6.07) is 3.49. The van der Waals surface area contributed by atoms with Gasteiger partial charge in [0.25, 0.3) is 5.91 Å². The molecule has 0 bridgehead atoms. The number of carboxylic acids is 2. The van der Waals surface area contributed by atoms with E-state index in [0.717, 1.165) is 10.5 Å². The van der Waals surface area contributed by atoms with Crippen molar-refractivity contribution >= 4 is 45.5 Å². The molecule has 2 aliphatic heterocycles. The number of aliphatic hydroxyl groups is 1. The van der Waals surface area contributed by atoms with E-state index in [0.29, 0.717) is 0 Å². The SMILES string of the molecule is Cc1ccc(S(=O)(=O)NC(CCCC(=O)N[C@@H]2C(=O)N3C(C(=O)O)=C(CO)CS[C@@H]23)C(=O)O)cc1. The smallest absolute Gasteiger partial charge is 0.352 e. The molecule has 1 fully saturated rings. The maximum Gasteiger partial charge on any atom is 0.352 e. The Bertz CT molecular complexity index is 1160. The van der Waals surface area contributed by atoms with Crippen molar-refractivity contribution in [3.05, 3.63) is 41.1 Å². The minimum atomic E-state index is -4.08. The molecule has 14 heteroatoms. The lowest BCUT2D eigenvalue weighted by Gasteiger charge is -2.49. The number of carboxylic acid groups (broad SMARTS) is 2. The third kappa shape index (κ3) is 5.83. The Balaban J connectivity index is 1.54. The van der Waals surface area contributed by atoms with Gasteiger partial charge in [0.1, 0.15) is 23.2 Å². The zero-order valence-electron chi connectivity index (χ0n) is 18.6. The minimum absolute atomic E-state index is 0.0244. The van der Waals surface area contributed by atoms with Crippen LogP contribution >= 0.6 is 11.8 Å². The first kappa shape index (κ1) is 26.7. The minimum Gasteiger partial charge on any atom is -0.480 e. The molecule has 12 nitrogen and oxygen atoms in total. The third-order valence-electron chi connectivity index (χ3n) is 5.58. The number of nitrogens with zero attached hydrogens (tertiary/aromatic N) is 1. The van der Waals surface area contributed by atoms with Gasteiger partial charge in [0.2, 0.25) is 15.9 Å². The van der Waals surface area contributed by atoms with Crippen molar-refractivity contribution in [3.8, 4) is 0 Å². The van der Waals surface area contributed by atoms with Crippen LogP contribution in [0.5, 0.6) is 0 Å². The summed E-state index contributed by atoms with van der Waals surface area (Å²) in [5.74, 6) is -3.71. The highest BCUT2D eigenvalue weighted by molar-refractivity contribution is 8.00. The van der Waals surface area contributed by atoms with E-state index in [1.807, 2.05) is 0 Å². The maximum absolute atomic E-state index is 12.5. The second kappa shape index (κ2) is 10.8. The van der Waals surface area contributed by atoms with E-state index in [1.54, 1.807) is 19.1 Å². The summed E-state index contributed by atoms with van der Waals surface area (Å²) in [4.78, 5) is 48.8. The highest BCUT2D eigenvalue weighted by atomic mass is 32.2. The molecule has 3 atom stereocenters. The molecule has 1 saturated heterocycles. The van der Waals surface area contributed by atoms with Crippen LogP contribution in [0.3, 0.4) is 0 Å². The van der Waals surface area contributed by atoms with Gasteiger partial charge in [0, 0.05) is 12.2 Å². The number of aryl methyl sites for hydroxylation is 1. The molecule has 0 aliphatic carbocycles. The molecule has 2 aliphatic rings. The van der Waals surface area contributed by atoms with Crippen LogP contribution in [0.1, 0.15) is 24.8 Å². The molecule has 3 rings (SSSR count). The van der Waals surface area contributed by atoms with Gasteiger partial charge in [-0.1, -0.05) is 17.7 Å². The first-order valence-electron chi connectivity index (χ1n) is 10.6. The largest absolute Gasteiger partial charge is 0.480 e. The topological polar surface area (TPSA) is 190 Å². The highest BCUT2D eigenvalue weighted by Crippen LogP contribution is 2.40. The molecule has 0 aromatic heterocycles. The van der Waals surface area contributed by atoms with Crippen molar-refractivity contribution in [1.29, 1.82) is 0 Å². The van der Waals surface area contributed by atoms with E-state index >= 15 is 0 Å². The van der Waals surface area contributed by atoms with Crippen molar-refractivity contribution in [2.45, 2.75) is 48.5 Å². The lowest BCUT2D eigenvalue weighted by molar-refractivity contribution is -0.150. The van der Waals surface area contributed by atoms with Crippen molar-refractivity contribution < 1.29 is 42.9 Å². The van der Waals surface area contributed by atoms with Crippen LogP contribution in [0.25, 0.3) is 0 Å². The van der Waals surface area contributed by atoms with Gasteiger partial charge in [0.05, 0.1) is 11.5 Å². The molecule has 1 unspecified atom stereocenters. The summed E-state index contributed by atoms with van der Waals surface area (Å²) < 4.78 is 27.1. The molecule has 5 N–H and O–H groups in total. The second-order valence-corrected chi connectivity index (χ2v) is 10.9. The van der Waals surface area contributed by atoms with Crippen LogP contribution in [-0.2, 0) is 29.2 Å². The molecule has 0 saturated carbocycles. The summed E-state index contributed by atoms with van der Waals surface area (Å²) in [5.41, 5.74) is 0.773. The highest BCUT2D eigenvalue weighted by Gasteiger charge is 2.54. The fourth-order valence-corrected chi connectivity index (χ4v) is 6.28. The van der Waals surface area contributed by atoms with Crippen molar-refractivity contribution in [2.75, 3.05) is 12.4 Å². The van der Waals surface area contributed by atoms with Gasteiger partial charge in [-0.25, -0.2) is 13.2 Å². The number of aliphatic hydroxyl groups excluding tert-OH is 1. The first-order valence-corrected chi connectivity index (χ1v) is 13.1. The lowest BCUT2D eigenvalue weighted by Crippen LogP contribution is -2.70. The zero-order chi connectivity index (χ0) is 25.9. The van der Waals surface area contributed by atoms with Gasteiger partial charge in [-0.15, -0.1) is 11.8 Å². The Kier molecular flexibility index (Phi) is 8.20. The van der Waals surface area contributed by atoms with Crippen LogP contribution in [0.4, 0.5) is 0 Å². The fraction of sp³-hybridized carbons (Fsp3) is 0.429. The Hall–Kier alpha value is -2.94. The molecule has 2 heterocycles. The van der Waals surface area contributed by atoms with Crippen LogP contribution in [0.15, 0.2) is 40.4 Å². The van der Waals surface area contributed by atoms with E-state index < -0.39 is 57.8 Å². The molecule has 1 aromatic carbocycles. The number of rotatable bonds is 11. The molecule has 0 spiro atoms. The van der Waals surface area contributed by atoms with Gasteiger partial charge in [0.15, 0.2) is 0 Å². The van der Waals surface area contributed by atoms with E-state index in [2.05, 4.69) is 10.0 Å². The number of hydrogen-bond donors (Lipinski definition) is 5. The Morgan fingerprint density at radius 1 is 1.20 bits per heavy atom. The number of carbonyl (C=O) groups is 4. The zero-order valence-corrected chi connectivity index (χ0v) is 20.3. The number of thioether (sulfide) groups is 1. The number of amides is 2. The molecule has 190 valence electrons. The standard InChI is InChI=1S/C21H25N3O9S2/c1-11-5-7-13(8-6-11)35(32,33)23-14(20(28)29)3-2-4-15(26)22-16-18(27)24-17(21(30)31)12(9-25)10-34-19(16)24/h5-8,14,16,19,23,25H,2-4,9-10H2,1H3,(H,22,26)(H,28,29)(H,30,31)/t14?,16-,19+/m1/s1. The van der Waals surface area contributed by atoms with Gasteiger partial charge in [-0.05, 0) is 37.5 Å². The van der Waals surface area contributed by atoms with E-state index in [-0.39, 0.29) is 41.2 Å². The Labute approximate surface area is 205 Å². The monoisotopic (exact) mass is 527 g/mol. The second-order valence-electron chi connectivity index (χ2n) is 8.09. The van der Waals surface area contributed by atoms with Gasteiger partial charge < -0.3 is 20.6 Å². The number of benzene rings is 1. The molecular weight excluding hydrogens is 502 g/mol. The summed E-state index contributed by atoms with van der Waals surface area (Å²) in [6.45, 7) is 1.28. The predicted octanol–water partition coefficient (Wildman–Crippen LogP) is -0.372. The summed E-state index contributed by atoms with van der Waals surface area (Å²) >= 11 is 1.21. The molecule has 2 amide bonds. The van der Waals surface area contributed by atoms with Gasteiger partial charge in [-0.2, -0.15) is 4.72 Å². The number of β-lactam (4-membered cyclic amide) rings is 1. The Morgan fingerprint density at radius 2 is 1.86 bits per heavy atom. The number of carbonyl (C=O) groups excluding carboxylic acids is 2. The van der Waals surface area contributed by atoms with Crippen LogP contribution in [-0.4, -0.2) is 82.2 Å². The summed E-state index contributed by atoms with van der Waals surface area (Å²) in [7, 11) is -4.08. The quantitative estimate of drug-likeness (QED) is 0.237. The van der Waals surface area contributed by atoms with E-state index in [9.17, 15) is 42.9 Å². The number of nitrogens with one attached hydrogen (secondary N) is 2. The third-order valence-corrected chi connectivity index (χ3v) is 8.41.